The molecule has 332 valence electrons. The highest BCUT2D eigenvalue weighted by atomic mass is 19.3. The number of nitrogens with one attached hydrogen (secondary N) is 3. The number of benzene rings is 2. The summed E-state index contributed by atoms with van der Waals surface area (Å²) in [7, 11) is 0. The van der Waals surface area contributed by atoms with Gasteiger partial charge in [0.05, 0.1) is 55.4 Å². The fourth-order valence-corrected chi connectivity index (χ4v) is 10.2. The van der Waals surface area contributed by atoms with Crippen molar-refractivity contribution < 1.29 is 37.1 Å². The summed E-state index contributed by atoms with van der Waals surface area (Å²) >= 11 is 0. The second kappa shape index (κ2) is 16.4. The zero-order valence-corrected chi connectivity index (χ0v) is 34.9. The number of rotatable bonds is 11. The van der Waals surface area contributed by atoms with E-state index in [1.54, 1.807) is 17.1 Å². The minimum Gasteiger partial charge on any atom is -0.464 e. The number of piperazine rings is 1. The summed E-state index contributed by atoms with van der Waals surface area (Å²) in [5.74, 6) is -0.551. The van der Waals surface area contributed by atoms with Crippen LogP contribution in [-0.4, -0.2) is 122 Å². The number of alkyl halides is 2. The molecule has 64 heavy (non-hydrogen) atoms. The first-order valence-corrected chi connectivity index (χ1v) is 22.0. The van der Waals surface area contributed by atoms with E-state index in [1.165, 1.54) is 16.9 Å². The fourth-order valence-electron chi connectivity index (χ4n) is 10.2. The van der Waals surface area contributed by atoms with Crippen LogP contribution in [-0.2, 0) is 19.1 Å². The third-order valence-electron chi connectivity index (χ3n) is 13.8. The molecule has 0 radical (unpaired) electrons. The first-order chi connectivity index (χ1) is 31.1. The second-order valence-corrected chi connectivity index (χ2v) is 17.7. The van der Waals surface area contributed by atoms with Crippen molar-refractivity contribution in [2.45, 2.75) is 69.1 Å². The first kappa shape index (κ1) is 40.5. The molecule has 11 rings (SSSR count). The lowest BCUT2D eigenvalue weighted by molar-refractivity contribution is -0.134. The Kier molecular flexibility index (Phi) is 10.3. The Hall–Kier alpha value is -6.31. The normalized spacial score (nSPS) is 24.2. The SMILES string of the molecule is O=C1CC[C@H](c2coc3ccc4cc(NC(=O)CN5CCN(CC6CCC(n7cc(NC(=O)c8cnn9ccc(N%10C[C@@H]%11OCC%11%10)nc89)c(C(F)F)n7)CC6)CC5)ccc4c23)C(=O)N1. The van der Waals surface area contributed by atoms with Gasteiger partial charge >= 0.3 is 0 Å². The lowest BCUT2D eigenvalue weighted by Gasteiger charge is -2.55. The highest BCUT2D eigenvalue weighted by Crippen LogP contribution is 2.39. The van der Waals surface area contributed by atoms with Crippen LogP contribution in [0.25, 0.3) is 27.4 Å². The van der Waals surface area contributed by atoms with Crippen molar-refractivity contribution in [3.05, 3.63) is 78.1 Å². The summed E-state index contributed by atoms with van der Waals surface area (Å²) in [4.78, 5) is 62.5. The predicted molar refractivity (Wildman–Crippen MR) is 230 cm³/mol. The van der Waals surface area contributed by atoms with Crippen molar-refractivity contribution in [3.63, 3.8) is 0 Å². The molecule has 1 aliphatic carbocycles. The van der Waals surface area contributed by atoms with Gasteiger partial charge in [-0.05, 0) is 73.1 Å². The Morgan fingerprint density at radius 2 is 1.80 bits per heavy atom. The number of furan rings is 1. The van der Waals surface area contributed by atoms with E-state index in [0.717, 1.165) is 86.7 Å². The smallest absolute Gasteiger partial charge is 0.284 e. The number of halogens is 2. The Balaban J connectivity index is 0.654. The van der Waals surface area contributed by atoms with E-state index >= 15 is 0 Å². The van der Waals surface area contributed by atoms with Gasteiger partial charge in [0.15, 0.2) is 11.3 Å². The Labute approximate surface area is 365 Å². The van der Waals surface area contributed by atoms with Crippen molar-refractivity contribution in [2.75, 3.05) is 68.0 Å². The topological polar surface area (TPSA) is 184 Å². The maximum atomic E-state index is 14.3. The predicted octanol–water partition coefficient (Wildman–Crippen LogP) is 5.11. The van der Waals surface area contributed by atoms with Crippen LogP contribution in [0.1, 0.15) is 78.5 Å². The second-order valence-electron chi connectivity index (χ2n) is 17.7. The summed E-state index contributed by atoms with van der Waals surface area (Å²) in [5.41, 5.74) is 2.15. The molecule has 5 fully saturated rings. The summed E-state index contributed by atoms with van der Waals surface area (Å²) in [6.07, 6.45) is 7.75. The van der Waals surface area contributed by atoms with Crippen molar-refractivity contribution in [2.24, 2.45) is 5.92 Å². The number of morpholine rings is 1. The number of imide groups is 1. The number of carbonyl (C=O) groups excluding carboxylic acids is 4. The van der Waals surface area contributed by atoms with Gasteiger partial charge in [0, 0.05) is 74.7 Å². The molecule has 0 bridgehead atoms. The van der Waals surface area contributed by atoms with Crippen molar-refractivity contribution >= 4 is 68.2 Å². The van der Waals surface area contributed by atoms with Gasteiger partial charge in [0.25, 0.3) is 12.3 Å². The number of piperidine rings is 1. The van der Waals surface area contributed by atoms with Gasteiger partial charge in [-0.15, -0.1) is 0 Å². The molecule has 0 spiro atoms. The number of nitrogens with zero attached hydrogens (tertiary/aromatic N) is 8. The number of ether oxygens (including phenoxy) is 1. The molecule has 4 saturated heterocycles. The third kappa shape index (κ3) is 7.53. The molecular weight excluding hydrogens is 829 g/mol. The van der Waals surface area contributed by atoms with Crippen LogP contribution in [0.5, 0.6) is 0 Å². The van der Waals surface area contributed by atoms with E-state index in [-0.39, 0.29) is 60.1 Å². The molecule has 3 N–H and O–H groups in total. The van der Waals surface area contributed by atoms with E-state index in [4.69, 9.17) is 9.15 Å². The molecule has 4 amide bonds. The number of fused-ring (bicyclic) bond motifs is 5. The van der Waals surface area contributed by atoms with Crippen LogP contribution in [0.3, 0.4) is 0 Å². The van der Waals surface area contributed by atoms with E-state index in [1.807, 2.05) is 36.4 Å². The van der Waals surface area contributed by atoms with Crippen molar-refractivity contribution in [3.8, 4) is 0 Å². The molecule has 2 aromatic carbocycles. The average molecular weight is 876 g/mol. The number of aromatic nitrogens is 5. The minimum atomic E-state index is -2.87. The van der Waals surface area contributed by atoms with Gasteiger partial charge in [-0.25, -0.2) is 18.3 Å². The van der Waals surface area contributed by atoms with E-state index < -0.39 is 23.9 Å². The molecule has 1 unspecified atom stereocenters. The molecule has 5 aliphatic rings. The molecule has 8 heterocycles. The fraction of sp³-hybridized carbons (Fsp3) is 0.444. The highest BCUT2D eigenvalue weighted by molar-refractivity contribution is 6.12. The number of anilines is 3. The number of carbonyl (C=O) groups is 4. The minimum absolute atomic E-state index is 0.0168. The monoisotopic (exact) mass is 875 g/mol. The molecule has 3 atom stereocenters. The maximum absolute atomic E-state index is 14.3. The first-order valence-electron chi connectivity index (χ1n) is 22.0. The lowest BCUT2D eigenvalue weighted by Crippen LogP contribution is -2.71. The number of hydrogen-bond acceptors (Lipinski definition) is 12. The van der Waals surface area contributed by atoms with E-state index in [9.17, 15) is 28.0 Å². The molecule has 17 nitrogen and oxygen atoms in total. The summed E-state index contributed by atoms with van der Waals surface area (Å²) in [5, 5.41) is 19.3. The van der Waals surface area contributed by atoms with Gasteiger partial charge in [0.1, 0.15) is 17.0 Å². The molecule has 6 aromatic rings. The average Bonchev–Trinajstić information content (AvgIpc) is 4.03. The molecule has 19 heteroatoms. The van der Waals surface area contributed by atoms with Crippen LogP contribution in [0.15, 0.2) is 65.7 Å². The van der Waals surface area contributed by atoms with Gasteiger partial charge in [-0.1, -0.05) is 12.1 Å². The van der Waals surface area contributed by atoms with Gasteiger partial charge in [-0.3, -0.25) is 34.1 Å². The van der Waals surface area contributed by atoms with Crippen molar-refractivity contribution in [1.82, 2.24) is 39.5 Å². The zero-order valence-electron chi connectivity index (χ0n) is 34.9. The molecule has 1 saturated carbocycles. The standard InChI is InChI=1S/C45H47F2N11O6/c46-42(47)41-33(50-45(62)31-18-48-57-12-11-37(51-43(31)57)56-21-36-34(56)24-64-36)20-58(53-41)28-5-1-25(2-6-28)19-54-13-15-55(16-14-54)22-39(60)49-27-4-7-29-26(17-27)3-9-35-40(29)32(23-63-35)30-8-10-38(59)52-44(30)61/h3-4,7,9,11-12,17-18,20,23,25,28,30,34,36,42H,1-2,5-6,8,10,13-16,19,21-22,24H2,(H,49,60)(H,50,62)(H,52,59,61)/t25?,28?,30-,34?,36+/m1/s1. The zero-order chi connectivity index (χ0) is 43.6. The van der Waals surface area contributed by atoms with Crippen LogP contribution in [0, 0.1) is 5.92 Å². The van der Waals surface area contributed by atoms with E-state index in [0.29, 0.717) is 41.7 Å². The van der Waals surface area contributed by atoms with Crippen LogP contribution >= 0.6 is 0 Å². The van der Waals surface area contributed by atoms with Crippen molar-refractivity contribution in [1.29, 1.82) is 0 Å². The Bertz CT molecular complexity index is 2810. The summed E-state index contributed by atoms with van der Waals surface area (Å²) < 4.78 is 43.0. The maximum Gasteiger partial charge on any atom is 0.284 e. The quantitative estimate of drug-likeness (QED) is 0.147. The third-order valence-corrected chi connectivity index (χ3v) is 13.8. The van der Waals surface area contributed by atoms with Crippen LogP contribution in [0.4, 0.5) is 26.0 Å². The van der Waals surface area contributed by atoms with Gasteiger partial charge < -0.3 is 29.6 Å². The van der Waals surface area contributed by atoms with Crippen LogP contribution < -0.4 is 20.9 Å². The molecule has 4 aromatic heterocycles. The summed E-state index contributed by atoms with van der Waals surface area (Å²) in [6, 6.07) is 11.6. The van der Waals surface area contributed by atoms with Gasteiger partial charge in [0.2, 0.25) is 17.7 Å². The Morgan fingerprint density at radius 1 is 0.969 bits per heavy atom. The number of amides is 4. The Morgan fingerprint density at radius 3 is 2.55 bits per heavy atom. The molecule has 4 aliphatic heterocycles. The summed E-state index contributed by atoms with van der Waals surface area (Å²) in [6.45, 7) is 5.80. The largest absolute Gasteiger partial charge is 0.464 e. The lowest BCUT2D eigenvalue weighted by atomic mass is 9.85. The highest BCUT2D eigenvalue weighted by Gasteiger charge is 2.48. The van der Waals surface area contributed by atoms with Gasteiger partial charge in [-0.2, -0.15) is 10.2 Å². The molecular formula is C45H47F2N11O6. The van der Waals surface area contributed by atoms with Crippen LogP contribution in [0.2, 0.25) is 0 Å². The number of hydrogen-bond donors (Lipinski definition) is 3. The van der Waals surface area contributed by atoms with E-state index in [2.05, 4.69) is 45.8 Å².